The highest BCUT2D eigenvalue weighted by Crippen LogP contribution is 2.38. The Balaban J connectivity index is 1.72. The van der Waals surface area contributed by atoms with Crippen LogP contribution in [0.1, 0.15) is 36.4 Å². The number of hydrogen-bond donors (Lipinski definition) is 1. The van der Waals surface area contributed by atoms with Crippen molar-refractivity contribution >= 4 is 10.9 Å². The Morgan fingerprint density at radius 3 is 2.87 bits per heavy atom. The third-order valence-corrected chi connectivity index (χ3v) is 5.58. The zero-order valence-electron chi connectivity index (χ0n) is 13.8. The van der Waals surface area contributed by atoms with Crippen molar-refractivity contribution in [1.82, 2.24) is 14.9 Å². The first-order chi connectivity index (χ1) is 11.1. The van der Waals surface area contributed by atoms with Gasteiger partial charge in [0.2, 0.25) is 0 Å². The molecule has 3 heterocycles. The van der Waals surface area contributed by atoms with Crippen LogP contribution in [0.2, 0.25) is 0 Å². The lowest BCUT2D eigenvalue weighted by atomic mass is 9.88. The summed E-state index contributed by atoms with van der Waals surface area (Å²) >= 11 is 0. The van der Waals surface area contributed by atoms with Gasteiger partial charge in [-0.3, -0.25) is 9.36 Å². The molecule has 1 N–H and O–H groups in total. The monoisotopic (exact) mass is 313 g/mol. The number of hydrogen-bond acceptors (Lipinski definition) is 4. The van der Waals surface area contributed by atoms with E-state index in [1.807, 2.05) is 26.0 Å². The predicted molar refractivity (Wildman–Crippen MR) is 89.9 cm³/mol. The zero-order chi connectivity index (χ0) is 16.0. The molecular formula is C18H23N3O2. The number of rotatable bonds is 1. The molecule has 1 aromatic heterocycles. The van der Waals surface area contributed by atoms with Crippen molar-refractivity contribution in [2.45, 2.75) is 44.8 Å². The molecule has 5 nitrogen and oxygen atoms in total. The van der Waals surface area contributed by atoms with E-state index in [1.165, 1.54) is 5.56 Å². The largest absolute Gasteiger partial charge is 0.373 e. The third kappa shape index (κ3) is 2.39. The molecule has 1 atom stereocenters. The molecule has 0 radical (unpaired) electrons. The maximum absolute atomic E-state index is 12.9. The zero-order valence-corrected chi connectivity index (χ0v) is 13.8. The number of nitrogens with one attached hydrogen (secondary N) is 1. The average molecular weight is 313 g/mol. The van der Waals surface area contributed by atoms with E-state index < -0.39 is 0 Å². The van der Waals surface area contributed by atoms with Gasteiger partial charge >= 0.3 is 0 Å². The smallest absolute Gasteiger partial charge is 0.261 e. The minimum Gasteiger partial charge on any atom is -0.373 e. The highest BCUT2D eigenvalue weighted by Gasteiger charge is 2.42. The molecule has 23 heavy (non-hydrogen) atoms. The van der Waals surface area contributed by atoms with Crippen LogP contribution in [0.3, 0.4) is 0 Å². The summed E-state index contributed by atoms with van der Waals surface area (Å²) in [4.78, 5) is 17.5. The summed E-state index contributed by atoms with van der Waals surface area (Å²) in [5.41, 5.74) is 3.08. The fourth-order valence-corrected chi connectivity index (χ4v) is 3.94. The molecule has 0 saturated carbocycles. The topological polar surface area (TPSA) is 56.1 Å². The van der Waals surface area contributed by atoms with Crippen LogP contribution in [0, 0.1) is 13.8 Å². The van der Waals surface area contributed by atoms with Gasteiger partial charge in [-0.05, 0) is 63.4 Å². The molecule has 0 aliphatic carbocycles. The van der Waals surface area contributed by atoms with Crippen molar-refractivity contribution in [3.63, 3.8) is 0 Å². The Kier molecular flexibility index (Phi) is 3.50. The van der Waals surface area contributed by atoms with Crippen molar-refractivity contribution < 1.29 is 4.74 Å². The van der Waals surface area contributed by atoms with E-state index >= 15 is 0 Å². The maximum Gasteiger partial charge on any atom is 0.261 e. The van der Waals surface area contributed by atoms with Gasteiger partial charge in [-0.1, -0.05) is 6.07 Å². The first-order valence-corrected chi connectivity index (χ1v) is 8.41. The number of aromatic nitrogens is 2. The van der Waals surface area contributed by atoms with E-state index in [0.29, 0.717) is 12.0 Å². The second-order valence-corrected chi connectivity index (χ2v) is 6.96. The summed E-state index contributed by atoms with van der Waals surface area (Å²) in [5, 5.41) is 4.09. The molecule has 2 fully saturated rings. The van der Waals surface area contributed by atoms with E-state index in [4.69, 9.17) is 4.74 Å². The van der Waals surface area contributed by atoms with Crippen molar-refractivity contribution in [2.75, 3.05) is 19.7 Å². The van der Waals surface area contributed by atoms with Crippen LogP contribution in [0.15, 0.2) is 23.3 Å². The first kappa shape index (κ1) is 14.8. The molecule has 4 rings (SSSR count). The van der Waals surface area contributed by atoms with Crippen LogP contribution in [0.5, 0.6) is 0 Å². The molecule has 0 amide bonds. The summed E-state index contributed by atoms with van der Waals surface area (Å²) in [5.74, 6) is 0. The average Bonchev–Trinajstić information content (AvgIpc) is 2.95. The van der Waals surface area contributed by atoms with Crippen LogP contribution in [0.4, 0.5) is 0 Å². The van der Waals surface area contributed by atoms with Crippen LogP contribution in [-0.4, -0.2) is 34.8 Å². The molecule has 1 spiro atoms. The third-order valence-electron chi connectivity index (χ3n) is 5.58. The number of ether oxygens (including phenoxy) is 1. The summed E-state index contributed by atoms with van der Waals surface area (Å²) in [6, 6.07) is 4.00. The van der Waals surface area contributed by atoms with Crippen molar-refractivity contribution in [2.24, 2.45) is 0 Å². The van der Waals surface area contributed by atoms with E-state index in [9.17, 15) is 4.79 Å². The number of fused-ring (bicyclic) bond motifs is 1. The molecule has 2 aliphatic rings. The Hall–Kier alpha value is -1.72. The van der Waals surface area contributed by atoms with Gasteiger partial charge in [0.15, 0.2) is 0 Å². The van der Waals surface area contributed by atoms with Crippen molar-refractivity contribution in [3.05, 3.63) is 39.9 Å². The summed E-state index contributed by atoms with van der Waals surface area (Å²) in [6.07, 6.45) is 4.67. The fourth-order valence-electron chi connectivity index (χ4n) is 3.94. The normalized spacial score (nSPS) is 23.7. The quantitative estimate of drug-likeness (QED) is 0.876. The Labute approximate surface area is 135 Å². The van der Waals surface area contributed by atoms with E-state index in [-0.39, 0.29) is 17.2 Å². The predicted octanol–water partition coefficient (Wildman–Crippen LogP) is 2.10. The lowest BCUT2D eigenvalue weighted by Crippen LogP contribution is -2.41. The van der Waals surface area contributed by atoms with Crippen molar-refractivity contribution in [3.8, 4) is 0 Å². The first-order valence-electron chi connectivity index (χ1n) is 8.41. The Bertz CT molecular complexity index is 806. The highest BCUT2D eigenvalue weighted by atomic mass is 16.5. The lowest BCUT2D eigenvalue weighted by molar-refractivity contribution is -0.0196. The lowest BCUT2D eigenvalue weighted by Gasteiger charge is -2.32. The van der Waals surface area contributed by atoms with Gasteiger partial charge in [0.05, 0.1) is 35.5 Å². The van der Waals surface area contributed by atoms with Crippen LogP contribution >= 0.6 is 0 Å². The summed E-state index contributed by atoms with van der Waals surface area (Å²) in [6.45, 7) is 6.68. The number of aryl methyl sites for hydroxylation is 2. The molecule has 1 unspecified atom stereocenters. The summed E-state index contributed by atoms with van der Waals surface area (Å²) < 4.78 is 7.92. The molecule has 1 aromatic carbocycles. The number of piperidine rings is 1. The second-order valence-electron chi connectivity index (χ2n) is 6.96. The standard InChI is InChI=1S/C18H23N3O2/c1-12-3-4-15-16(13(12)2)20-11-21(17(15)22)14-9-18(23-10-14)5-7-19-8-6-18/h3-4,11,14,19H,5-10H2,1-2H3. The molecule has 122 valence electrons. The van der Waals surface area contributed by atoms with Gasteiger partial charge in [-0.2, -0.15) is 0 Å². The molecule has 5 heteroatoms. The van der Waals surface area contributed by atoms with E-state index in [0.717, 1.165) is 43.4 Å². The van der Waals surface area contributed by atoms with Crippen LogP contribution in [-0.2, 0) is 4.74 Å². The van der Waals surface area contributed by atoms with Crippen molar-refractivity contribution in [1.29, 1.82) is 0 Å². The Morgan fingerprint density at radius 1 is 1.30 bits per heavy atom. The van der Waals surface area contributed by atoms with Gasteiger partial charge in [-0.15, -0.1) is 0 Å². The molecule has 2 saturated heterocycles. The van der Waals surface area contributed by atoms with Crippen LogP contribution in [0.25, 0.3) is 10.9 Å². The molecule has 0 bridgehead atoms. The van der Waals surface area contributed by atoms with Gasteiger partial charge < -0.3 is 10.1 Å². The molecule has 2 aromatic rings. The molecular weight excluding hydrogens is 290 g/mol. The van der Waals surface area contributed by atoms with Gasteiger partial charge in [0, 0.05) is 0 Å². The second kappa shape index (κ2) is 5.42. The fraction of sp³-hybridized carbons (Fsp3) is 0.556. The number of nitrogens with zero attached hydrogens (tertiary/aromatic N) is 2. The minimum absolute atomic E-state index is 0.0481. The van der Waals surface area contributed by atoms with Gasteiger partial charge in [-0.25, -0.2) is 4.98 Å². The SMILES string of the molecule is Cc1ccc2c(=O)n(C3COC4(CCNCC4)C3)cnc2c1C. The van der Waals surface area contributed by atoms with E-state index in [1.54, 1.807) is 10.9 Å². The van der Waals surface area contributed by atoms with Gasteiger partial charge in [0.25, 0.3) is 5.56 Å². The Morgan fingerprint density at radius 2 is 2.09 bits per heavy atom. The molecule has 2 aliphatic heterocycles. The number of benzene rings is 1. The minimum atomic E-state index is -0.0481. The highest BCUT2D eigenvalue weighted by molar-refractivity contribution is 5.81. The maximum atomic E-state index is 12.9. The van der Waals surface area contributed by atoms with Crippen LogP contribution < -0.4 is 10.9 Å². The van der Waals surface area contributed by atoms with E-state index in [2.05, 4.69) is 10.3 Å². The summed E-state index contributed by atoms with van der Waals surface area (Å²) in [7, 11) is 0. The van der Waals surface area contributed by atoms with Gasteiger partial charge in [0.1, 0.15) is 0 Å².